The van der Waals surface area contributed by atoms with Gasteiger partial charge < -0.3 is 19.3 Å². The molecule has 0 aliphatic carbocycles. The van der Waals surface area contributed by atoms with Gasteiger partial charge in [0.25, 0.3) is 0 Å². The van der Waals surface area contributed by atoms with Crippen molar-refractivity contribution in [2.24, 2.45) is 0 Å². The van der Waals surface area contributed by atoms with Crippen LogP contribution < -0.4 is 0 Å². The molecule has 16 heavy (non-hydrogen) atoms. The number of hydrogen-bond donors (Lipinski definition) is 1. The average Bonchev–Trinajstić information content (AvgIpc) is 3.09. The number of ether oxygens (including phenoxy) is 3. The molecule has 1 rings (SSSR count). The SMILES string of the molecule is CCCC[C@@H](C#C[C@]1(CO)CO1)OCOC. The van der Waals surface area contributed by atoms with Crippen LogP contribution in [0.4, 0.5) is 0 Å². The molecule has 0 amide bonds. The van der Waals surface area contributed by atoms with E-state index in [1.807, 2.05) is 0 Å². The molecule has 1 fully saturated rings. The molecule has 0 saturated carbocycles. The predicted octanol–water partition coefficient (Wildman–Crippen LogP) is 0.930. The molecule has 1 saturated heterocycles. The van der Waals surface area contributed by atoms with Gasteiger partial charge in [-0.05, 0) is 6.42 Å². The van der Waals surface area contributed by atoms with Crippen LogP contribution in [0.15, 0.2) is 0 Å². The van der Waals surface area contributed by atoms with Crippen LogP contribution in [0.3, 0.4) is 0 Å². The lowest BCUT2D eigenvalue weighted by molar-refractivity contribution is -0.0548. The van der Waals surface area contributed by atoms with Gasteiger partial charge in [0, 0.05) is 7.11 Å². The van der Waals surface area contributed by atoms with Crippen LogP contribution in [-0.4, -0.2) is 43.9 Å². The van der Waals surface area contributed by atoms with Gasteiger partial charge in [-0.25, -0.2) is 0 Å². The summed E-state index contributed by atoms with van der Waals surface area (Å²) in [6.07, 6.45) is 2.92. The maximum atomic E-state index is 9.03. The fraction of sp³-hybridized carbons (Fsp3) is 0.833. The highest BCUT2D eigenvalue weighted by atomic mass is 16.7. The van der Waals surface area contributed by atoms with Crippen molar-refractivity contribution in [3.63, 3.8) is 0 Å². The minimum atomic E-state index is -0.610. The number of unbranched alkanes of at least 4 members (excludes halogenated alkanes) is 1. The molecular weight excluding hydrogens is 208 g/mol. The monoisotopic (exact) mass is 228 g/mol. The Kier molecular flexibility index (Phi) is 5.78. The fourth-order valence-corrected chi connectivity index (χ4v) is 1.24. The molecule has 1 aliphatic rings. The first kappa shape index (κ1) is 13.5. The predicted molar refractivity (Wildman–Crippen MR) is 59.8 cm³/mol. The lowest BCUT2D eigenvalue weighted by atomic mass is 10.1. The number of aliphatic hydroxyl groups excluding tert-OH is 1. The molecule has 0 unspecified atom stereocenters. The summed E-state index contributed by atoms with van der Waals surface area (Å²) in [5.41, 5.74) is -0.610. The topological polar surface area (TPSA) is 51.2 Å². The van der Waals surface area contributed by atoms with Gasteiger partial charge in [-0.15, -0.1) is 0 Å². The molecule has 0 aromatic heterocycles. The van der Waals surface area contributed by atoms with Crippen molar-refractivity contribution >= 4 is 0 Å². The molecule has 4 heteroatoms. The Morgan fingerprint density at radius 3 is 2.81 bits per heavy atom. The molecule has 1 N–H and O–H groups in total. The largest absolute Gasteiger partial charge is 0.392 e. The first-order valence-electron chi connectivity index (χ1n) is 5.64. The first-order chi connectivity index (χ1) is 7.76. The minimum Gasteiger partial charge on any atom is -0.392 e. The van der Waals surface area contributed by atoms with Crippen molar-refractivity contribution in [3.05, 3.63) is 0 Å². The van der Waals surface area contributed by atoms with E-state index in [9.17, 15) is 0 Å². The number of hydrogen-bond acceptors (Lipinski definition) is 4. The Morgan fingerprint density at radius 1 is 1.56 bits per heavy atom. The van der Waals surface area contributed by atoms with E-state index in [4.69, 9.17) is 19.3 Å². The van der Waals surface area contributed by atoms with Gasteiger partial charge in [0.05, 0.1) is 13.2 Å². The van der Waals surface area contributed by atoms with Crippen molar-refractivity contribution in [2.45, 2.75) is 37.9 Å². The zero-order valence-electron chi connectivity index (χ0n) is 9.99. The van der Waals surface area contributed by atoms with Gasteiger partial charge in [-0.1, -0.05) is 31.6 Å². The van der Waals surface area contributed by atoms with Crippen LogP contribution >= 0.6 is 0 Å². The molecule has 1 aliphatic heterocycles. The zero-order chi connectivity index (χ0) is 11.9. The van der Waals surface area contributed by atoms with E-state index in [-0.39, 0.29) is 19.5 Å². The summed E-state index contributed by atoms with van der Waals surface area (Å²) < 4.78 is 15.4. The quantitative estimate of drug-likeness (QED) is 0.400. The molecular formula is C12H20O4. The lowest BCUT2D eigenvalue weighted by Gasteiger charge is -2.10. The molecule has 0 aromatic carbocycles. The highest BCUT2D eigenvalue weighted by Crippen LogP contribution is 2.24. The second kappa shape index (κ2) is 6.87. The molecule has 0 aromatic rings. The van der Waals surface area contributed by atoms with Crippen molar-refractivity contribution in [2.75, 3.05) is 27.1 Å². The lowest BCUT2D eigenvalue weighted by Crippen LogP contribution is -2.17. The van der Waals surface area contributed by atoms with Crippen LogP contribution in [0.25, 0.3) is 0 Å². The normalized spacial score (nSPS) is 24.7. The summed E-state index contributed by atoms with van der Waals surface area (Å²) in [6.45, 7) is 2.84. The van der Waals surface area contributed by atoms with Gasteiger partial charge in [-0.2, -0.15) is 0 Å². The highest BCUT2D eigenvalue weighted by Gasteiger charge is 2.42. The summed E-state index contributed by atoms with van der Waals surface area (Å²) in [4.78, 5) is 0. The first-order valence-corrected chi connectivity index (χ1v) is 5.64. The Bertz CT molecular complexity index is 241. The summed E-state index contributed by atoms with van der Waals surface area (Å²) in [7, 11) is 1.59. The Hall–Kier alpha value is -0.600. The Balaban J connectivity index is 2.41. The summed E-state index contributed by atoms with van der Waals surface area (Å²) >= 11 is 0. The summed E-state index contributed by atoms with van der Waals surface area (Å²) in [5.74, 6) is 5.94. The van der Waals surface area contributed by atoms with Gasteiger partial charge in [0.1, 0.15) is 12.9 Å². The van der Waals surface area contributed by atoms with E-state index in [1.165, 1.54) is 0 Å². The van der Waals surface area contributed by atoms with Crippen LogP contribution in [0, 0.1) is 11.8 Å². The van der Waals surface area contributed by atoms with Crippen molar-refractivity contribution in [1.29, 1.82) is 0 Å². The zero-order valence-corrected chi connectivity index (χ0v) is 9.99. The summed E-state index contributed by atoms with van der Waals surface area (Å²) in [5, 5.41) is 9.03. The number of rotatable bonds is 7. The average molecular weight is 228 g/mol. The minimum absolute atomic E-state index is 0.0508. The van der Waals surface area contributed by atoms with E-state index in [1.54, 1.807) is 7.11 Å². The Labute approximate surface area is 96.9 Å². The molecule has 0 bridgehead atoms. The van der Waals surface area contributed by atoms with Crippen molar-refractivity contribution < 1.29 is 19.3 Å². The third-order valence-corrected chi connectivity index (χ3v) is 2.42. The molecule has 0 spiro atoms. The number of epoxide rings is 1. The van der Waals surface area contributed by atoms with Crippen LogP contribution in [-0.2, 0) is 14.2 Å². The van der Waals surface area contributed by atoms with E-state index < -0.39 is 5.60 Å². The van der Waals surface area contributed by atoms with Gasteiger partial charge in [0.15, 0.2) is 5.60 Å². The van der Waals surface area contributed by atoms with E-state index in [0.717, 1.165) is 19.3 Å². The molecule has 4 nitrogen and oxygen atoms in total. The van der Waals surface area contributed by atoms with Gasteiger partial charge in [0.2, 0.25) is 0 Å². The standard InChI is InChI=1S/C12H20O4/c1-3-4-5-11(15-10-14-2)6-7-12(8-13)9-16-12/h11,13H,3-5,8-10H2,1-2H3/t11-,12-/m0/s1. The van der Waals surface area contributed by atoms with Crippen LogP contribution in [0.5, 0.6) is 0 Å². The smallest absolute Gasteiger partial charge is 0.174 e. The third-order valence-electron chi connectivity index (χ3n) is 2.42. The van der Waals surface area contributed by atoms with Crippen LogP contribution in [0.2, 0.25) is 0 Å². The molecule has 0 radical (unpaired) electrons. The second-order valence-corrected chi connectivity index (χ2v) is 3.91. The number of methoxy groups -OCH3 is 1. The highest BCUT2D eigenvalue weighted by molar-refractivity contribution is 5.23. The van der Waals surface area contributed by atoms with Crippen molar-refractivity contribution in [3.8, 4) is 11.8 Å². The van der Waals surface area contributed by atoms with Crippen LogP contribution in [0.1, 0.15) is 26.2 Å². The Morgan fingerprint density at radius 2 is 2.31 bits per heavy atom. The van der Waals surface area contributed by atoms with E-state index in [2.05, 4.69) is 18.8 Å². The molecule has 1 heterocycles. The fourth-order valence-electron chi connectivity index (χ4n) is 1.24. The van der Waals surface area contributed by atoms with Gasteiger partial charge in [-0.3, -0.25) is 0 Å². The maximum Gasteiger partial charge on any atom is 0.174 e. The molecule has 2 atom stereocenters. The maximum absolute atomic E-state index is 9.03. The summed E-state index contributed by atoms with van der Waals surface area (Å²) in [6, 6.07) is 0. The third kappa shape index (κ3) is 4.50. The number of aliphatic hydroxyl groups is 1. The van der Waals surface area contributed by atoms with Crippen molar-refractivity contribution in [1.82, 2.24) is 0 Å². The van der Waals surface area contributed by atoms with Gasteiger partial charge >= 0.3 is 0 Å². The van der Waals surface area contributed by atoms with E-state index >= 15 is 0 Å². The second-order valence-electron chi connectivity index (χ2n) is 3.91. The van der Waals surface area contributed by atoms with E-state index in [0.29, 0.717) is 6.61 Å². The molecule has 92 valence electrons.